The standard InChI is InChI=1S/C20H29NO2/c1-15-9-8-12-17(13-15)20(2,3)19(23)21(4)14-18(22)16-10-6-5-7-11-16/h5-7,10-11,15,17H,8-9,12-14H2,1-4H3. The number of hydrogen-bond donors (Lipinski definition) is 0. The minimum atomic E-state index is -0.402. The molecule has 0 N–H and O–H groups in total. The average Bonchev–Trinajstić information content (AvgIpc) is 2.54. The minimum absolute atomic E-state index is 0.00531. The maximum Gasteiger partial charge on any atom is 0.228 e. The summed E-state index contributed by atoms with van der Waals surface area (Å²) < 4.78 is 0. The molecule has 1 amide bonds. The van der Waals surface area contributed by atoms with Gasteiger partial charge >= 0.3 is 0 Å². The van der Waals surface area contributed by atoms with E-state index in [0.29, 0.717) is 17.4 Å². The van der Waals surface area contributed by atoms with Gasteiger partial charge in [0.25, 0.3) is 0 Å². The van der Waals surface area contributed by atoms with Gasteiger partial charge in [-0.2, -0.15) is 0 Å². The van der Waals surface area contributed by atoms with Crippen LogP contribution in [0.25, 0.3) is 0 Å². The first-order chi connectivity index (χ1) is 10.8. The van der Waals surface area contributed by atoms with Gasteiger partial charge in [0.1, 0.15) is 0 Å². The fraction of sp³-hybridized carbons (Fsp3) is 0.600. The first kappa shape index (κ1) is 17.7. The zero-order chi connectivity index (χ0) is 17.0. The number of nitrogens with zero attached hydrogens (tertiary/aromatic N) is 1. The van der Waals surface area contributed by atoms with Crippen molar-refractivity contribution in [3.8, 4) is 0 Å². The van der Waals surface area contributed by atoms with Gasteiger partial charge in [0.15, 0.2) is 5.78 Å². The number of Topliss-reactive ketones (excluding diaryl/α,β-unsaturated/α-hetero) is 1. The molecule has 1 aliphatic rings. The van der Waals surface area contributed by atoms with Crippen LogP contribution in [0, 0.1) is 17.3 Å². The second-order valence-electron chi connectivity index (χ2n) is 7.64. The van der Waals surface area contributed by atoms with Crippen molar-refractivity contribution in [2.75, 3.05) is 13.6 Å². The summed E-state index contributed by atoms with van der Waals surface area (Å²) in [5.74, 6) is 1.18. The first-order valence-corrected chi connectivity index (χ1v) is 8.66. The Morgan fingerprint density at radius 1 is 1.17 bits per heavy atom. The van der Waals surface area contributed by atoms with Crippen molar-refractivity contribution in [2.45, 2.75) is 46.5 Å². The van der Waals surface area contributed by atoms with Crippen LogP contribution < -0.4 is 0 Å². The van der Waals surface area contributed by atoms with E-state index in [1.54, 1.807) is 24.1 Å². The van der Waals surface area contributed by atoms with Gasteiger partial charge in [-0.25, -0.2) is 0 Å². The summed E-state index contributed by atoms with van der Waals surface area (Å²) in [5, 5.41) is 0. The van der Waals surface area contributed by atoms with Crippen LogP contribution in [0.2, 0.25) is 0 Å². The summed E-state index contributed by atoms with van der Waals surface area (Å²) in [6, 6.07) is 9.19. The Kier molecular flexibility index (Phi) is 5.61. The van der Waals surface area contributed by atoms with Gasteiger partial charge in [0, 0.05) is 18.0 Å². The van der Waals surface area contributed by atoms with Crippen molar-refractivity contribution in [2.24, 2.45) is 17.3 Å². The van der Waals surface area contributed by atoms with E-state index in [9.17, 15) is 9.59 Å². The molecule has 1 saturated carbocycles. The van der Waals surface area contributed by atoms with Crippen LogP contribution in [0.3, 0.4) is 0 Å². The third-order valence-corrected chi connectivity index (χ3v) is 5.33. The fourth-order valence-corrected chi connectivity index (χ4v) is 3.76. The summed E-state index contributed by atoms with van der Waals surface area (Å²) in [5.41, 5.74) is 0.261. The fourth-order valence-electron chi connectivity index (χ4n) is 3.76. The molecule has 0 bridgehead atoms. The Labute approximate surface area is 140 Å². The van der Waals surface area contributed by atoms with Crippen molar-refractivity contribution in [1.29, 1.82) is 0 Å². The Morgan fingerprint density at radius 2 is 1.83 bits per heavy atom. The lowest BCUT2D eigenvalue weighted by molar-refractivity contribution is -0.142. The lowest BCUT2D eigenvalue weighted by Crippen LogP contribution is -2.45. The number of likely N-dealkylation sites (N-methyl/N-ethyl adjacent to an activating group) is 1. The Bertz CT molecular complexity index is 550. The highest BCUT2D eigenvalue weighted by atomic mass is 16.2. The largest absolute Gasteiger partial charge is 0.338 e. The number of carbonyl (C=O) groups excluding carboxylic acids is 2. The van der Waals surface area contributed by atoms with Gasteiger partial charge in [-0.05, 0) is 24.7 Å². The van der Waals surface area contributed by atoms with E-state index in [1.807, 2.05) is 32.0 Å². The Hall–Kier alpha value is -1.64. The van der Waals surface area contributed by atoms with Crippen LogP contribution in [0.15, 0.2) is 30.3 Å². The molecule has 0 aliphatic heterocycles. The molecule has 1 fully saturated rings. The zero-order valence-corrected chi connectivity index (χ0v) is 14.8. The van der Waals surface area contributed by atoms with Gasteiger partial charge in [0.05, 0.1) is 6.54 Å². The quantitative estimate of drug-likeness (QED) is 0.764. The van der Waals surface area contributed by atoms with Crippen LogP contribution in [-0.4, -0.2) is 30.2 Å². The molecule has 126 valence electrons. The van der Waals surface area contributed by atoms with Crippen molar-refractivity contribution in [1.82, 2.24) is 4.90 Å². The number of carbonyl (C=O) groups is 2. The molecular formula is C20H29NO2. The molecule has 1 aromatic rings. The number of hydrogen-bond acceptors (Lipinski definition) is 2. The van der Waals surface area contributed by atoms with Gasteiger partial charge in [0.2, 0.25) is 5.91 Å². The third kappa shape index (κ3) is 4.21. The molecule has 0 aromatic heterocycles. The van der Waals surface area contributed by atoms with Crippen molar-refractivity contribution < 1.29 is 9.59 Å². The van der Waals surface area contributed by atoms with Crippen molar-refractivity contribution >= 4 is 11.7 Å². The van der Waals surface area contributed by atoms with Gasteiger partial charge in [-0.1, -0.05) is 63.9 Å². The molecule has 0 spiro atoms. The first-order valence-electron chi connectivity index (χ1n) is 8.66. The Morgan fingerprint density at radius 3 is 2.43 bits per heavy atom. The maximum atomic E-state index is 12.9. The third-order valence-electron chi connectivity index (χ3n) is 5.33. The molecule has 3 nitrogen and oxygen atoms in total. The van der Waals surface area contributed by atoms with Crippen LogP contribution in [0.4, 0.5) is 0 Å². The number of amides is 1. The summed E-state index contributed by atoms with van der Waals surface area (Å²) in [7, 11) is 1.75. The SMILES string of the molecule is CC1CCCC(C(C)(C)C(=O)N(C)CC(=O)c2ccccc2)C1. The topological polar surface area (TPSA) is 37.4 Å². The minimum Gasteiger partial charge on any atom is -0.338 e. The summed E-state index contributed by atoms with van der Waals surface area (Å²) in [4.78, 5) is 26.8. The predicted molar refractivity (Wildman–Crippen MR) is 93.3 cm³/mol. The molecule has 1 aliphatic carbocycles. The van der Waals surface area contributed by atoms with Crippen LogP contribution in [-0.2, 0) is 4.79 Å². The number of benzene rings is 1. The van der Waals surface area contributed by atoms with Gasteiger partial charge in [-0.3, -0.25) is 9.59 Å². The number of rotatable bonds is 5. The number of ketones is 1. The molecule has 2 unspecified atom stereocenters. The normalized spacial score (nSPS) is 21.7. The van der Waals surface area contributed by atoms with E-state index in [0.717, 1.165) is 12.8 Å². The monoisotopic (exact) mass is 315 g/mol. The van der Waals surface area contributed by atoms with E-state index in [4.69, 9.17) is 0 Å². The second kappa shape index (κ2) is 7.29. The van der Waals surface area contributed by atoms with E-state index >= 15 is 0 Å². The summed E-state index contributed by atoms with van der Waals surface area (Å²) in [6.45, 7) is 6.51. The highest BCUT2D eigenvalue weighted by Gasteiger charge is 2.40. The van der Waals surface area contributed by atoms with E-state index in [-0.39, 0.29) is 18.2 Å². The van der Waals surface area contributed by atoms with Crippen LogP contribution in [0.5, 0.6) is 0 Å². The van der Waals surface area contributed by atoms with Crippen molar-refractivity contribution in [3.63, 3.8) is 0 Å². The highest BCUT2D eigenvalue weighted by molar-refractivity contribution is 5.99. The van der Waals surface area contributed by atoms with Crippen LogP contribution in [0.1, 0.15) is 56.8 Å². The molecule has 2 atom stereocenters. The molecule has 23 heavy (non-hydrogen) atoms. The Balaban J connectivity index is 2.02. The lowest BCUT2D eigenvalue weighted by Gasteiger charge is -2.40. The molecule has 2 rings (SSSR count). The zero-order valence-electron chi connectivity index (χ0n) is 14.8. The molecule has 0 saturated heterocycles. The molecular weight excluding hydrogens is 286 g/mol. The molecule has 0 radical (unpaired) electrons. The predicted octanol–water partition coefficient (Wildman–Crippen LogP) is 4.18. The second-order valence-corrected chi connectivity index (χ2v) is 7.64. The highest BCUT2D eigenvalue weighted by Crippen LogP contribution is 2.41. The van der Waals surface area contributed by atoms with Gasteiger partial charge < -0.3 is 4.90 Å². The van der Waals surface area contributed by atoms with E-state index in [2.05, 4.69) is 6.92 Å². The smallest absolute Gasteiger partial charge is 0.228 e. The summed E-state index contributed by atoms with van der Waals surface area (Å²) >= 11 is 0. The average molecular weight is 315 g/mol. The lowest BCUT2D eigenvalue weighted by atomic mass is 9.68. The van der Waals surface area contributed by atoms with E-state index < -0.39 is 5.41 Å². The maximum absolute atomic E-state index is 12.9. The van der Waals surface area contributed by atoms with Crippen molar-refractivity contribution in [3.05, 3.63) is 35.9 Å². The van der Waals surface area contributed by atoms with Crippen LogP contribution >= 0.6 is 0 Å². The van der Waals surface area contributed by atoms with E-state index in [1.165, 1.54) is 12.8 Å². The molecule has 3 heteroatoms. The summed E-state index contributed by atoms with van der Waals surface area (Å²) in [6.07, 6.45) is 4.70. The molecule has 1 aromatic carbocycles. The van der Waals surface area contributed by atoms with Gasteiger partial charge in [-0.15, -0.1) is 0 Å². The molecule has 0 heterocycles.